The predicted octanol–water partition coefficient (Wildman–Crippen LogP) is 4.34. The van der Waals surface area contributed by atoms with Crippen molar-refractivity contribution in [2.24, 2.45) is 0 Å². The fourth-order valence-corrected chi connectivity index (χ4v) is 2.43. The summed E-state index contributed by atoms with van der Waals surface area (Å²) in [7, 11) is 0. The first-order chi connectivity index (χ1) is 9.41. The summed E-state index contributed by atoms with van der Waals surface area (Å²) in [5, 5.41) is 0. The van der Waals surface area contributed by atoms with Gasteiger partial charge in [-0.2, -0.15) is 13.2 Å². The van der Waals surface area contributed by atoms with Crippen molar-refractivity contribution in [3.05, 3.63) is 41.2 Å². The number of alkyl halides is 3. The van der Waals surface area contributed by atoms with E-state index in [0.717, 1.165) is 43.8 Å². The first kappa shape index (κ1) is 15.0. The van der Waals surface area contributed by atoms with Gasteiger partial charge in [-0.1, -0.05) is 19.1 Å². The maximum atomic E-state index is 13.2. The van der Waals surface area contributed by atoms with Crippen LogP contribution < -0.4 is 0 Å². The smallest absolute Gasteiger partial charge is 0.299 e. The van der Waals surface area contributed by atoms with Crippen LogP contribution in [0.2, 0.25) is 0 Å². The summed E-state index contributed by atoms with van der Waals surface area (Å²) in [6.45, 7) is 4.65. The number of benzene rings is 1. The second-order valence-corrected chi connectivity index (χ2v) is 4.97. The molecule has 1 aliphatic heterocycles. The zero-order chi connectivity index (χ0) is 14.8. The summed E-state index contributed by atoms with van der Waals surface area (Å²) >= 11 is 0. The zero-order valence-electron chi connectivity index (χ0n) is 11.3. The number of hydrogen-bond donors (Lipinski definition) is 0. The lowest BCUT2D eigenvalue weighted by Crippen LogP contribution is -2.29. The van der Waals surface area contributed by atoms with Crippen LogP contribution in [0.3, 0.4) is 0 Å². The Labute approximate surface area is 115 Å². The Balaban J connectivity index is 2.22. The summed E-state index contributed by atoms with van der Waals surface area (Å²) in [5.41, 5.74) is 0.143. The molecule has 1 aromatic rings. The summed E-state index contributed by atoms with van der Waals surface area (Å²) in [4.78, 5) is 2.25. The molecule has 0 aromatic heterocycles. The normalized spacial score (nSPS) is 17.1. The Morgan fingerprint density at radius 2 is 2.00 bits per heavy atom. The summed E-state index contributed by atoms with van der Waals surface area (Å²) in [6, 6.07) is 3.24. The molecule has 0 aliphatic carbocycles. The van der Waals surface area contributed by atoms with Gasteiger partial charge >= 0.3 is 6.18 Å². The van der Waals surface area contributed by atoms with Crippen LogP contribution >= 0.6 is 0 Å². The average Bonchev–Trinajstić information content (AvgIpc) is 2.39. The highest BCUT2D eigenvalue weighted by Gasteiger charge is 2.34. The van der Waals surface area contributed by atoms with Crippen molar-refractivity contribution in [2.45, 2.75) is 25.9 Å². The SMILES string of the molecule is CCCN1CC=C(c2ccc(F)c(C(F)(F)F)c2)CC1. The van der Waals surface area contributed by atoms with Gasteiger partial charge in [-0.3, -0.25) is 4.90 Å². The van der Waals surface area contributed by atoms with Gasteiger partial charge in [0.05, 0.1) is 5.56 Å². The summed E-state index contributed by atoms with van der Waals surface area (Å²) in [6.07, 6.45) is -0.961. The predicted molar refractivity (Wildman–Crippen MR) is 70.7 cm³/mol. The molecule has 110 valence electrons. The van der Waals surface area contributed by atoms with E-state index >= 15 is 0 Å². The average molecular weight is 287 g/mol. The molecule has 0 amide bonds. The van der Waals surface area contributed by atoms with Crippen LogP contribution in [0.15, 0.2) is 24.3 Å². The van der Waals surface area contributed by atoms with Crippen LogP contribution in [-0.4, -0.2) is 24.5 Å². The lowest BCUT2D eigenvalue weighted by atomic mass is 9.97. The van der Waals surface area contributed by atoms with Crippen molar-refractivity contribution in [3.63, 3.8) is 0 Å². The molecule has 1 aromatic carbocycles. The van der Waals surface area contributed by atoms with Crippen LogP contribution in [0, 0.1) is 5.82 Å². The lowest BCUT2D eigenvalue weighted by molar-refractivity contribution is -0.140. The minimum atomic E-state index is -4.65. The molecule has 1 heterocycles. The number of halogens is 4. The molecule has 5 heteroatoms. The molecule has 0 unspecified atom stereocenters. The maximum absolute atomic E-state index is 13.2. The zero-order valence-corrected chi connectivity index (χ0v) is 11.3. The molecule has 0 N–H and O–H groups in total. The van der Waals surface area contributed by atoms with E-state index in [1.54, 1.807) is 0 Å². The number of rotatable bonds is 3. The fraction of sp³-hybridized carbons (Fsp3) is 0.467. The second kappa shape index (κ2) is 5.95. The lowest BCUT2D eigenvalue weighted by Gasteiger charge is -2.26. The third kappa shape index (κ3) is 3.39. The van der Waals surface area contributed by atoms with Gasteiger partial charge in [0.2, 0.25) is 0 Å². The Morgan fingerprint density at radius 1 is 1.25 bits per heavy atom. The van der Waals surface area contributed by atoms with Crippen molar-refractivity contribution in [3.8, 4) is 0 Å². The largest absolute Gasteiger partial charge is 0.419 e. The molecular formula is C15H17F4N. The molecule has 1 nitrogen and oxygen atoms in total. The number of nitrogens with zero attached hydrogens (tertiary/aromatic N) is 1. The summed E-state index contributed by atoms with van der Waals surface area (Å²) in [5.74, 6) is -1.22. The van der Waals surface area contributed by atoms with Crippen LogP contribution in [0.25, 0.3) is 5.57 Å². The monoisotopic (exact) mass is 287 g/mol. The molecule has 0 radical (unpaired) electrons. The second-order valence-electron chi connectivity index (χ2n) is 4.97. The highest BCUT2D eigenvalue weighted by atomic mass is 19.4. The molecule has 0 saturated heterocycles. The minimum Gasteiger partial charge on any atom is -0.299 e. The van der Waals surface area contributed by atoms with Gasteiger partial charge in [-0.25, -0.2) is 4.39 Å². The molecule has 0 spiro atoms. The molecule has 0 bridgehead atoms. The van der Waals surface area contributed by atoms with Crippen molar-refractivity contribution in [2.75, 3.05) is 19.6 Å². The molecule has 0 saturated carbocycles. The Kier molecular flexibility index (Phi) is 4.48. The van der Waals surface area contributed by atoms with Gasteiger partial charge < -0.3 is 0 Å². The highest BCUT2D eigenvalue weighted by Crippen LogP contribution is 2.34. The Morgan fingerprint density at radius 3 is 2.55 bits per heavy atom. The van der Waals surface area contributed by atoms with Crippen LogP contribution in [0.5, 0.6) is 0 Å². The van der Waals surface area contributed by atoms with E-state index in [1.807, 2.05) is 6.08 Å². The molecule has 1 aliphatic rings. The van der Waals surface area contributed by atoms with Crippen molar-refractivity contribution in [1.82, 2.24) is 4.90 Å². The molecule has 20 heavy (non-hydrogen) atoms. The number of hydrogen-bond acceptors (Lipinski definition) is 1. The first-order valence-electron chi connectivity index (χ1n) is 6.70. The van der Waals surface area contributed by atoms with E-state index in [4.69, 9.17) is 0 Å². The van der Waals surface area contributed by atoms with E-state index in [0.29, 0.717) is 12.0 Å². The first-order valence-corrected chi connectivity index (χ1v) is 6.70. The van der Waals surface area contributed by atoms with Gasteiger partial charge in [0.15, 0.2) is 0 Å². The van der Waals surface area contributed by atoms with Crippen LogP contribution in [0.1, 0.15) is 30.9 Å². The van der Waals surface area contributed by atoms with Crippen LogP contribution in [0.4, 0.5) is 17.6 Å². The third-order valence-electron chi connectivity index (χ3n) is 3.48. The van der Waals surface area contributed by atoms with E-state index in [2.05, 4.69) is 11.8 Å². The standard InChI is InChI=1S/C15H17F4N/c1-2-7-20-8-5-11(6-9-20)12-3-4-14(16)13(10-12)15(17,18)19/h3-5,10H,2,6-9H2,1H3. The Bertz CT molecular complexity index is 505. The van der Waals surface area contributed by atoms with E-state index in [1.165, 1.54) is 6.07 Å². The quantitative estimate of drug-likeness (QED) is 0.747. The van der Waals surface area contributed by atoms with Crippen molar-refractivity contribution >= 4 is 5.57 Å². The van der Waals surface area contributed by atoms with E-state index < -0.39 is 17.6 Å². The van der Waals surface area contributed by atoms with E-state index in [-0.39, 0.29) is 0 Å². The van der Waals surface area contributed by atoms with Gasteiger partial charge in [0.1, 0.15) is 5.82 Å². The van der Waals surface area contributed by atoms with Gasteiger partial charge in [-0.05, 0) is 42.7 Å². The van der Waals surface area contributed by atoms with Crippen LogP contribution in [-0.2, 0) is 6.18 Å². The molecule has 2 rings (SSSR count). The molecular weight excluding hydrogens is 270 g/mol. The van der Waals surface area contributed by atoms with Gasteiger partial charge in [0, 0.05) is 13.1 Å². The maximum Gasteiger partial charge on any atom is 0.419 e. The summed E-state index contributed by atoms with van der Waals surface area (Å²) < 4.78 is 51.3. The third-order valence-corrected chi connectivity index (χ3v) is 3.48. The highest BCUT2D eigenvalue weighted by molar-refractivity contribution is 5.67. The van der Waals surface area contributed by atoms with Crippen molar-refractivity contribution in [1.29, 1.82) is 0 Å². The van der Waals surface area contributed by atoms with E-state index in [9.17, 15) is 17.6 Å². The van der Waals surface area contributed by atoms with Crippen molar-refractivity contribution < 1.29 is 17.6 Å². The Hall–Kier alpha value is -1.36. The van der Waals surface area contributed by atoms with Gasteiger partial charge in [0.25, 0.3) is 0 Å². The fourth-order valence-electron chi connectivity index (χ4n) is 2.43. The topological polar surface area (TPSA) is 3.24 Å². The minimum absolute atomic E-state index is 0.467. The molecule has 0 fully saturated rings. The van der Waals surface area contributed by atoms with Gasteiger partial charge in [-0.15, -0.1) is 0 Å². The molecule has 0 atom stereocenters.